The van der Waals surface area contributed by atoms with Gasteiger partial charge in [0.05, 0.1) is 10.6 Å². The fourth-order valence-electron chi connectivity index (χ4n) is 2.23. The van der Waals surface area contributed by atoms with Crippen LogP contribution in [0.1, 0.15) is 25.3 Å². The molecular formula is C14H17BrF3NO2. The van der Waals surface area contributed by atoms with Crippen LogP contribution in [0.2, 0.25) is 0 Å². The minimum atomic E-state index is -4.68. The van der Waals surface area contributed by atoms with Crippen molar-refractivity contribution in [3.05, 3.63) is 28.2 Å². The number of rotatable bonds is 6. The maximum absolute atomic E-state index is 12.2. The summed E-state index contributed by atoms with van der Waals surface area (Å²) >= 11 is 3.10. The van der Waals surface area contributed by atoms with Crippen molar-refractivity contribution >= 4 is 15.9 Å². The van der Waals surface area contributed by atoms with Crippen LogP contribution in [-0.4, -0.2) is 25.1 Å². The molecule has 0 radical (unpaired) electrons. The van der Waals surface area contributed by atoms with Crippen molar-refractivity contribution in [1.82, 2.24) is 5.32 Å². The Morgan fingerprint density at radius 2 is 2.05 bits per heavy atom. The molecule has 7 heteroatoms. The maximum atomic E-state index is 12.2. The normalized spacial score (nSPS) is 22.0. The molecule has 1 fully saturated rings. The largest absolute Gasteiger partial charge is 0.573 e. The molecule has 0 aromatic heterocycles. The fourth-order valence-corrected chi connectivity index (χ4v) is 2.74. The zero-order valence-electron chi connectivity index (χ0n) is 11.5. The Labute approximate surface area is 129 Å². The van der Waals surface area contributed by atoms with Crippen molar-refractivity contribution in [2.24, 2.45) is 0 Å². The summed E-state index contributed by atoms with van der Waals surface area (Å²) in [6.07, 6.45) is -2.39. The number of hydrogen-bond acceptors (Lipinski definition) is 3. The van der Waals surface area contributed by atoms with Crippen LogP contribution in [0.25, 0.3) is 0 Å². The highest BCUT2D eigenvalue weighted by atomic mass is 79.9. The van der Waals surface area contributed by atoms with E-state index in [1.54, 1.807) is 12.1 Å². The number of benzene rings is 1. The third kappa shape index (κ3) is 5.16. The van der Waals surface area contributed by atoms with E-state index in [2.05, 4.69) is 26.0 Å². The molecule has 0 saturated heterocycles. The zero-order valence-corrected chi connectivity index (χ0v) is 13.1. The van der Waals surface area contributed by atoms with E-state index in [1.807, 2.05) is 6.92 Å². The summed E-state index contributed by atoms with van der Waals surface area (Å²) in [5.41, 5.74) is 0.899. The molecule has 118 valence electrons. The lowest BCUT2D eigenvalue weighted by Crippen LogP contribution is -2.45. The summed E-state index contributed by atoms with van der Waals surface area (Å²) in [6, 6.07) is 4.98. The number of ether oxygens (including phenoxy) is 2. The van der Waals surface area contributed by atoms with Crippen molar-refractivity contribution < 1.29 is 22.6 Å². The number of halogens is 4. The van der Waals surface area contributed by atoms with Gasteiger partial charge in [0.15, 0.2) is 0 Å². The first-order valence-corrected chi connectivity index (χ1v) is 7.56. The van der Waals surface area contributed by atoms with Gasteiger partial charge >= 0.3 is 6.36 Å². The lowest BCUT2D eigenvalue weighted by atomic mass is 9.89. The standard InChI is InChI=1S/C14H17BrF3NO2/c1-2-20-11-6-10(7-11)19-8-9-3-4-13(12(15)5-9)21-14(16,17)18/h3-5,10-11,19H,2,6-8H2,1H3. The Morgan fingerprint density at radius 1 is 1.33 bits per heavy atom. The van der Waals surface area contributed by atoms with Crippen LogP contribution < -0.4 is 10.1 Å². The molecule has 1 aromatic carbocycles. The van der Waals surface area contributed by atoms with Gasteiger partial charge in [-0.3, -0.25) is 0 Å². The summed E-state index contributed by atoms with van der Waals surface area (Å²) in [5, 5.41) is 3.35. The highest BCUT2D eigenvalue weighted by molar-refractivity contribution is 9.10. The third-order valence-corrected chi connectivity index (χ3v) is 3.93. The van der Waals surface area contributed by atoms with Gasteiger partial charge in [0.25, 0.3) is 0 Å². The molecule has 1 N–H and O–H groups in total. The van der Waals surface area contributed by atoms with Gasteiger partial charge in [-0.25, -0.2) is 0 Å². The minimum absolute atomic E-state index is 0.230. The molecule has 0 unspecified atom stereocenters. The fraction of sp³-hybridized carbons (Fsp3) is 0.571. The Morgan fingerprint density at radius 3 is 2.62 bits per heavy atom. The second kappa shape index (κ2) is 6.98. The van der Waals surface area contributed by atoms with Crippen molar-refractivity contribution in [1.29, 1.82) is 0 Å². The van der Waals surface area contributed by atoms with Gasteiger partial charge in [-0.05, 0) is 53.4 Å². The molecule has 3 nitrogen and oxygen atoms in total. The summed E-state index contributed by atoms with van der Waals surface area (Å²) in [5.74, 6) is -0.230. The van der Waals surface area contributed by atoms with E-state index < -0.39 is 6.36 Å². The molecular weight excluding hydrogens is 351 g/mol. The first kappa shape index (κ1) is 16.6. The van der Waals surface area contributed by atoms with Gasteiger partial charge < -0.3 is 14.8 Å². The topological polar surface area (TPSA) is 30.5 Å². The summed E-state index contributed by atoms with van der Waals surface area (Å²) in [4.78, 5) is 0. The second-order valence-corrected chi connectivity index (χ2v) is 5.79. The van der Waals surface area contributed by atoms with Crippen LogP contribution in [0, 0.1) is 0 Å². The Hall–Kier alpha value is -0.790. The molecule has 21 heavy (non-hydrogen) atoms. The number of hydrogen-bond donors (Lipinski definition) is 1. The first-order valence-electron chi connectivity index (χ1n) is 6.76. The molecule has 1 aliphatic carbocycles. The van der Waals surface area contributed by atoms with Crippen molar-refractivity contribution in [3.63, 3.8) is 0 Å². The van der Waals surface area contributed by atoms with Crippen molar-refractivity contribution in [3.8, 4) is 5.75 Å². The molecule has 0 amide bonds. The Bertz CT molecular complexity index is 476. The zero-order chi connectivity index (χ0) is 15.5. The van der Waals surface area contributed by atoms with E-state index in [1.165, 1.54) is 6.07 Å². The third-order valence-electron chi connectivity index (χ3n) is 3.31. The van der Waals surface area contributed by atoms with Crippen LogP contribution in [0.15, 0.2) is 22.7 Å². The van der Waals surface area contributed by atoms with E-state index in [9.17, 15) is 13.2 Å². The second-order valence-electron chi connectivity index (χ2n) is 4.94. The minimum Gasteiger partial charge on any atom is -0.405 e. The van der Waals surface area contributed by atoms with E-state index >= 15 is 0 Å². The molecule has 2 rings (SSSR count). The van der Waals surface area contributed by atoms with Gasteiger partial charge in [-0.15, -0.1) is 13.2 Å². The summed E-state index contributed by atoms with van der Waals surface area (Å²) in [6.45, 7) is 3.31. The number of alkyl halides is 3. The monoisotopic (exact) mass is 367 g/mol. The molecule has 0 atom stereocenters. The lowest BCUT2D eigenvalue weighted by molar-refractivity contribution is -0.274. The van der Waals surface area contributed by atoms with E-state index in [0.29, 0.717) is 23.2 Å². The molecule has 1 aromatic rings. The van der Waals surface area contributed by atoms with Crippen LogP contribution in [-0.2, 0) is 11.3 Å². The van der Waals surface area contributed by atoms with Crippen molar-refractivity contribution in [2.45, 2.75) is 44.8 Å². The molecule has 1 saturated carbocycles. The molecule has 0 spiro atoms. The molecule has 0 aliphatic heterocycles. The van der Waals surface area contributed by atoms with Gasteiger partial charge in [-0.2, -0.15) is 0 Å². The predicted octanol–water partition coefficient (Wildman–Crippen LogP) is 4.00. The van der Waals surface area contributed by atoms with E-state index in [4.69, 9.17) is 4.74 Å². The van der Waals surface area contributed by atoms with Crippen LogP contribution >= 0.6 is 15.9 Å². The molecule has 0 heterocycles. The summed E-state index contributed by atoms with van der Waals surface area (Å²) in [7, 11) is 0. The van der Waals surface area contributed by atoms with Crippen LogP contribution in [0.3, 0.4) is 0 Å². The highest BCUT2D eigenvalue weighted by Crippen LogP contribution is 2.31. The smallest absolute Gasteiger partial charge is 0.405 e. The highest BCUT2D eigenvalue weighted by Gasteiger charge is 2.32. The van der Waals surface area contributed by atoms with Crippen molar-refractivity contribution in [2.75, 3.05) is 6.61 Å². The van der Waals surface area contributed by atoms with E-state index in [-0.39, 0.29) is 5.75 Å². The van der Waals surface area contributed by atoms with Gasteiger partial charge in [0.1, 0.15) is 5.75 Å². The Kier molecular flexibility index (Phi) is 5.51. The van der Waals surface area contributed by atoms with Crippen LogP contribution in [0.5, 0.6) is 5.75 Å². The predicted molar refractivity (Wildman–Crippen MR) is 76.1 cm³/mol. The average molecular weight is 368 g/mol. The first-order chi connectivity index (χ1) is 9.87. The molecule has 0 bridgehead atoms. The van der Waals surface area contributed by atoms with Crippen LogP contribution in [0.4, 0.5) is 13.2 Å². The van der Waals surface area contributed by atoms with Gasteiger partial charge in [-0.1, -0.05) is 6.07 Å². The SMILES string of the molecule is CCOC1CC(NCc2ccc(OC(F)(F)F)c(Br)c2)C1. The average Bonchev–Trinajstić information content (AvgIpc) is 2.33. The summed E-state index contributed by atoms with van der Waals surface area (Å²) < 4.78 is 46.1. The lowest BCUT2D eigenvalue weighted by Gasteiger charge is -2.35. The quantitative estimate of drug-likeness (QED) is 0.823. The van der Waals surface area contributed by atoms with Gasteiger partial charge in [0.2, 0.25) is 0 Å². The maximum Gasteiger partial charge on any atom is 0.573 e. The van der Waals surface area contributed by atoms with E-state index in [0.717, 1.165) is 25.0 Å². The number of nitrogens with one attached hydrogen (secondary N) is 1. The van der Waals surface area contributed by atoms with Gasteiger partial charge in [0, 0.05) is 19.2 Å². The molecule has 1 aliphatic rings. The Balaban J connectivity index is 1.81.